The highest BCUT2D eigenvalue weighted by atomic mass is 14.2. The van der Waals surface area contributed by atoms with Crippen LogP contribution in [0, 0.1) is 11.8 Å². The summed E-state index contributed by atoms with van der Waals surface area (Å²) in [4.78, 5) is 0. The van der Waals surface area contributed by atoms with Gasteiger partial charge in [-0.1, -0.05) is 49.6 Å². The minimum Gasteiger partial charge on any atom is -0.202 e. The molecule has 0 aromatic heterocycles. The van der Waals surface area contributed by atoms with Gasteiger partial charge in [-0.15, -0.1) is 0 Å². The van der Waals surface area contributed by atoms with Crippen molar-refractivity contribution in [3.63, 3.8) is 0 Å². The molecule has 0 atom stereocenters. The lowest BCUT2D eigenvalue weighted by Crippen LogP contribution is -1.76. The first-order chi connectivity index (χ1) is 5.88. The Morgan fingerprint density at radius 2 is 1.33 bits per heavy atom. The summed E-state index contributed by atoms with van der Waals surface area (Å²) in [6.07, 6.45) is 3.66. The van der Waals surface area contributed by atoms with Crippen molar-refractivity contribution in [1.29, 1.82) is 5.26 Å². The number of benzene rings is 1. The van der Waals surface area contributed by atoms with E-state index >= 15 is 0 Å². The summed E-state index contributed by atoms with van der Waals surface area (Å²) < 4.78 is 0. The molecule has 1 nitrogen and oxygen atoms in total. The minimum absolute atomic E-state index is 1.14. The van der Waals surface area contributed by atoms with Crippen molar-refractivity contribution < 1.29 is 0 Å². The lowest BCUT2D eigenvalue weighted by Gasteiger charge is -1.96. The van der Waals surface area contributed by atoms with E-state index in [0.29, 0.717) is 0 Å². The van der Waals surface area contributed by atoms with Crippen LogP contribution in [-0.2, 0) is 0 Å². The molecule has 0 fully saturated rings. The molecule has 0 unspecified atom stereocenters. The van der Waals surface area contributed by atoms with E-state index in [2.05, 4.69) is 19.7 Å². The van der Waals surface area contributed by atoms with Crippen LogP contribution in [0.1, 0.15) is 11.1 Å². The molecule has 0 bridgehead atoms. The highest BCUT2D eigenvalue weighted by Crippen LogP contribution is 2.10. The molecule has 1 aromatic rings. The van der Waals surface area contributed by atoms with Crippen LogP contribution in [0.15, 0.2) is 37.4 Å². The maximum absolute atomic E-state index is 6.50. The van der Waals surface area contributed by atoms with E-state index in [1.807, 2.05) is 36.4 Å². The molecule has 1 heteroatoms. The molecule has 1 aromatic carbocycles. The fourth-order valence-electron chi connectivity index (χ4n) is 0.883. The number of rotatable bonds is 2. The van der Waals surface area contributed by atoms with Crippen LogP contribution in [-0.4, -0.2) is 0 Å². The zero-order valence-corrected chi connectivity index (χ0v) is 6.90. The molecule has 0 aliphatic rings. The van der Waals surface area contributed by atoms with Gasteiger partial charge in [0, 0.05) is 6.57 Å². The summed E-state index contributed by atoms with van der Waals surface area (Å²) in [6.45, 7) is 10.9. The third-order valence-corrected chi connectivity index (χ3v) is 1.44. The fourth-order valence-corrected chi connectivity index (χ4v) is 0.883. The molecule has 0 aliphatic carbocycles. The number of hydrogen-bond acceptors (Lipinski definition) is 1. The van der Waals surface area contributed by atoms with Gasteiger partial charge in [0.05, 0.1) is 0 Å². The molecule has 0 saturated heterocycles. The molecule has 0 spiro atoms. The minimum atomic E-state index is 1.14. The average molecular weight is 157 g/mol. The van der Waals surface area contributed by atoms with Crippen molar-refractivity contribution >= 4 is 12.2 Å². The smallest absolute Gasteiger partial charge is 0.0462 e. The average Bonchev–Trinajstić information content (AvgIpc) is 2.20. The largest absolute Gasteiger partial charge is 0.202 e. The molecule has 12 heavy (non-hydrogen) atoms. The lowest BCUT2D eigenvalue weighted by atomic mass is 10.1. The molecule has 60 valence electrons. The van der Waals surface area contributed by atoms with E-state index in [9.17, 15) is 0 Å². The van der Waals surface area contributed by atoms with Crippen molar-refractivity contribution in [2.75, 3.05) is 0 Å². The van der Waals surface area contributed by atoms with E-state index in [0.717, 1.165) is 11.1 Å². The molecule has 0 N–H and O–H groups in total. The van der Waals surface area contributed by atoms with Crippen LogP contribution < -0.4 is 0 Å². The topological polar surface area (TPSA) is 23.8 Å². The van der Waals surface area contributed by atoms with Gasteiger partial charge in [0.2, 0.25) is 0 Å². The maximum Gasteiger partial charge on any atom is 0.0462 e. The van der Waals surface area contributed by atoms with Crippen LogP contribution in [0.25, 0.3) is 12.2 Å². The van der Waals surface area contributed by atoms with Gasteiger partial charge >= 0.3 is 0 Å². The first-order valence-electron chi connectivity index (χ1n) is 3.48. The van der Waals surface area contributed by atoms with Crippen molar-refractivity contribution in [1.82, 2.24) is 0 Å². The molecular weight excluding hydrogens is 146 g/mol. The first kappa shape index (κ1) is 10.2. The quantitative estimate of drug-likeness (QED) is 0.647. The predicted octanol–water partition coefficient (Wildman–Crippen LogP) is 3.11. The van der Waals surface area contributed by atoms with Gasteiger partial charge in [0.1, 0.15) is 0 Å². The molecule has 0 radical (unpaired) electrons. The van der Waals surface area contributed by atoms with E-state index < -0.39 is 0 Å². The van der Waals surface area contributed by atoms with Crippen molar-refractivity contribution in [3.8, 4) is 6.57 Å². The summed E-state index contributed by atoms with van der Waals surface area (Å²) in [5, 5.41) is 6.50. The first-order valence-corrected chi connectivity index (χ1v) is 3.48. The fraction of sp³-hybridized carbons (Fsp3) is 0. The van der Waals surface area contributed by atoms with Crippen molar-refractivity contribution in [2.24, 2.45) is 0 Å². The van der Waals surface area contributed by atoms with Crippen LogP contribution in [0.5, 0.6) is 0 Å². The molecule has 0 saturated carbocycles. The second-order valence-corrected chi connectivity index (χ2v) is 2.04. The van der Waals surface area contributed by atoms with Gasteiger partial charge in [-0.25, -0.2) is 5.26 Å². The van der Waals surface area contributed by atoms with E-state index in [1.165, 1.54) is 0 Å². The molecule has 0 heterocycles. The maximum atomic E-state index is 6.50. The normalized spacial score (nSPS) is 7.50. The number of hydrogen-bond donors (Lipinski definition) is 0. The summed E-state index contributed by atoms with van der Waals surface area (Å²) in [7, 11) is 0. The van der Waals surface area contributed by atoms with Gasteiger partial charge in [-0.3, -0.25) is 0 Å². The third-order valence-electron chi connectivity index (χ3n) is 1.44. The van der Waals surface area contributed by atoms with Crippen LogP contribution in [0.2, 0.25) is 0 Å². The van der Waals surface area contributed by atoms with Crippen molar-refractivity contribution in [2.45, 2.75) is 0 Å². The standard InChI is InChI=1S/C10H10.CHN/c1-3-9-7-5-6-8-10(9)4-2;1-2/h3-8H,1-2H2;1H. The highest BCUT2D eigenvalue weighted by molar-refractivity contribution is 5.63. The molecule has 0 amide bonds. The van der Waals surface area contributed by atoms with Crippen LogP contribution >= 0.6 is 0 Å². The zero-order chi connectivity index (χ0) is 9.40. The van der Waals surface area contributed by atoms with Crippen LogP contribution in [0.3, 0.4) is 0 Å². The van der Waals surface area contributed by atoms with E-state index in [-0.39, 0.29) is 0 Å². The Morgan fingerprint density at radius 3 is 1.58 bits per heavy atom. The van der Waals surface area contributed by atoms with Gasteiger partial charge in [-0.05, 0) is 11.1 Å². The van der Waals surface area contributed by atoms with E-state index in [1.54, 1.807) is 0 Å². The summed E-state index contributed by atoms with van der Waals surface area (Å²) >= 11 is 0. The Labute approximate surface area is 73.3 Å². The van der Waals surface area contributed by atoms with Gasteiger partial charge in [-0.2, -0.15) is 0 Å². The summed E-state index contributed by atoms with van der Waals surface area (Å²) in [6, 6.07) is 8.02. The molecule has 0 aliphatic heterocycles. The Balaban J connectivity index is 0.000000561. The van der Waals surface area contributed by atoms with Crippen molar-refractivity contribution in [3.05, 3.63) is 48.6 Å². The third kappa shape index (κ3) is 2.43. The Bertz CT molecular complexity index is 257. The second kappa shape index (κ2) is 5.94. The zero-order valence-electron chi connectivity index (χ0n) is 6.90. The second-order valence-electron chi connectivity index (χ2n) is 2.04. The van der Waals surface area contributed by atoms with Crippen LogP contribution in [0.4, 0.5) is 0 Å². The Morgan fingerprint density at radius 1 is 1.00 bits per heavy atom. The summed E-state index contributed by atoms with van der Waals surface area (Å²) in [5.41, 5.74) is 2.27. The molecule has 1 rings (SSSR count). The predicted molar refractivity (Wildman–Crippen MR) is 53.3 cm³/mol. The summed E-state index contributed by atoms with van der Waals surface area (Å²) in [5.74, 6) is 0. The monoisotopic (exact) mass is 157 g/mol. The lowest BCUT2D eigenvalue weighted by molar-refractivity contribution is 1.58. The Hall–Kier alpha value is -1.81. The van der Waals surface area contributed by atoms with E-state index in [4.69, 9.17) is 5.26 Å². The van der Waals surface area contributed by atoms with Gasteiger partial charge < -0.3 is 0 Å². The van der Waals surface area contributed by atoms with Gasteiger partial charge in [0.25, 0.3) is 0 Å². The van der Waals surface area contributed by atoms with Gasteiger partial charge in [0.15, 0.2) is 0 Å². The number of nitrogens with zero attached hydrogens (tertiary/aromatic N) is 1. The SMILES string of the molecule is C#N.C=Cc1ccccc1C=C. The highest BCUT2D eigenvalue weighted by Gasteiger charge is 1.89. The Kier molecular flexibility index (Phi) is 5.04. The molecular formula is C11H11N. The number of nitriles is 1.